The van der Waals surface area contributed by atoms with E-state index in [0.29, 0.717) is 25.4 Å². The van der Waals surface area contributed by atoms with Crippen LogP contribution in [-0.4, -0.2) is 34.0 Å². The molecule has 0 spiro atoms. The number of aryl methyl sites for hydroxylation is 1. The Hall–Kier alpha value is -2.17. The Bertz CT molecular complexity index is 645. The van der Waals surface area contributed by atoms with Gasteiger partial charge in [-0.2, -0.15) is 4.98 Å². The lowest BCUT2D eigenvalue weighted by molar-refractivity contribution is -0.136. The van der Waals surface area contributed by atoms with Crippen LogP contribution in [-0.2, 0) is 11.2 Å². The van der Waals surface area contributed by atoms with Crippen molar-refractivity contribution in [2.75, 3.05) is 13.1 Å². The summed E-state index contributed by atoms with van der Waals surface area (Å²) in [5.41, 5.74) is 1.29. The summed E-state index contributed by atoms with van der Waals surface area (Å²) in [6.45, 7) is 5.48. The second-order valence-corrected chi connectivity index (χ2v) is 6.48. The molecule has 122 valence electrons. The smallest absolute Gasteiger partial charge is 0.233 e. The Morgan fingerprint density at radius 1 is 1.30 bits per heavy atom. The Morgan fingerprint density at radius 3 is 2.70 bits per heavy atom. The van der Waals surface area contributed by atoms with Crippen molar-refractivity contribution in [2.45, 2.75) is 44.9 Å². The van der Waals surface area contributed by atoms with E-state index < -0.39 is 0 Å². The van der Waals surface area contributed by atoms with Gasteiger partial charge in [0.2, 0.25) is 11.8 Å². The third-order valence-electron chi connectivity index (χ3n) is 4.26. The zero-order chi connectivity index (χ0) is 16.2. The molecule has 0 saturated carbocycles. The minimum atomic E-state index is 0.202. The van der Waals surface area contributed by atoms with Crippen molar-refractivity contribution in [3.63, 3.8) is 0 Å². The second-order valence-electron chi connectivity index (χ2n) is 6.48. The SMILES string of the molecule is CC(C)c1noc(C2CN(C(=O)CCCc3ccccc3)C2)n1. The largest absolute Gasteiger partial charge is 0.341 e. The first-order chi connectivity index (χ1) is 11.1. The Kier molecular flexibility index (Phi) is 4.74. The number of carbonyl (C=O) groups excluding carboxylic acids is 1. The number of likely N-dealkylation sites (tertiary alicyclic amines) is 1. The van der Waals surface area contributed by atoms with Crippen LogP contribution in [0.15, 0.2) is 34.9 Å². The van der Waals surface area contributed by atoms with Crippen molar-refractivity contribution in [3.8, 4) is 0 Å². The van der Waals surface area contributed by atoms with Gasteiger partial charge in [0, 0.05) is 25.4 Å². The molecule has 3 rings (SSSR count). The molecule has 1 aliphatic rings. The van der Waals surface area contributed by atoms with Gasteiger partial charge in [-0.15, -0.1) is 0 Å². The molecule has 1 amide bonds. The standard InChI is InChI=1S/C18H23N3O2/c1-13(2)17-19-18(23-20-17)15-11-21(12-15)16(22)10-6-9-14-7-4-3-5-8-14/h3-5,7-8,13,15H,6,9-12H2,1-2H3. The molecule has 1 aromatic carbocycles. The molecule has 0 atom stereocenters. The second kappa shape index (κ2) is 6.94. The molecule has 2 heterocycles. The monoisotopic (exact) mass is 313 g/mol. The highest BCUT2D eigenvalue weighted by molar-refractivity contribution is 5.77. The van der Waals surface area contributed by atoms with Gasteiger partial charge >= 0.3 is 0 Å². The molecule has 5 nitrogen and oxygen atoms in total. The van der Waals surface area contributed by atoms with Crippen molar-refractivity contribution < 1.29 is 9.32 Å². The Morgan fingerprint density at radius 2 is 2.04 bits per heavy atom. The molecule has 1 saturated heterocycles. The van der Waals surface area contributed by atoms with Gasteiger partial charge in [0.25, 0.3) is 0 Å². The predicted molar refractivity (Wildman–Crippen MR) is 87.1 cm³/mol. The summed E-state index contributed by atoms with van der Waals surface area (Å²) in [6.07, 6.45) is 2.44. The highest BCUT2D eigenvalue weighted by Gasteiger charge is 2.35. The van der Waals surface area contributed by atoms with Gasteiger partial charge in [0.05, 0.1) is 5.92 Å². The van der Waals surface area contributed by atoms with E-state index in [1.165, 1.54) is 5.56 Å². The lowest BCUT2D eigenvalue weighted by Gasteiger charge is -2.37. The number of hydrogen-bond acceptors (Lipinski definition) is 4. The van der Waals surface area contributed by atoms with Crippen LogP contribution in [0, 0.1) is 0 Å². The minimum absolute atomic E-state index is 0.202. The first kappa shape index (κ1) is 15.7. The van der Waals surface area contributed by atoms with Crippen LogP contribution in [0.25, 0.3) is 0 Å². The summed E-state index contributed by atoms with van der Waals surface area (Å²) in [5.74, 6) is 2.10. The average Bonchev–Trinajstić information content (AvgIpc) is 2.96. The molecular formula is C18H23N3O2. The third-order valence-corrected chi connectivity index (χ3v) is 4.26. The maximum absolute atomic E-state index is 12.2. The molecule has 0 N–H and O–H groups in total. The van der Waals surface area contributed by atoms with Crippen molar-refractivity contribution in [1.29, 1.82) is 0 Å². The van der Waals surface area contributed by atoms with Gasteiger partial charge in [-0.25, -0.2) is 0 Å². The van der Waals surface area contributed by atoms with Gasteiger partial charge in [-0.1, -0.05) is 49.3 Å². The van der Waals surface area contributed by atoms with E-state index in [2.05, 4.69) is 22.3 Å². The third kappa shape index (κ3) is 3.78. The highest BCUT2D eigenvalue weighted by atomic mass is 16.5. The van der Waals surface area contributed by atoms with Gasteiger partial charge in [-0.3, -0.25) is 4.79 Å². The van der Waals surface area contributed by atoms with Crippen molar-refractivity contribution >= 4 is 5.91 Å². The molecule has 23 heavy (non-hydrogen) atoms. The zero-order valence-corrected chi connectivity index (χ0v) is 13.7. The summed E-state index contributed by atoms with van der Waals surface area (Å²) >= 11 is 0. The predicted octanol–water partition coefficient (Wildman–Crippen LogP) is 3.14. The maximum Gasteiger partial charge on any atom is 0.233 e. The molecule has 1 fully saturated rings. The van der Waals surface area contributed by atoms with E-state index >= 15 is 0 Å². The van der Waals surface area contributed by atoms with E-state index in [9.17, 15) is 4.79 Å². The van der Waals surface area contributed by atoms with Crippen LogP contribution in [0.5, 0.6) is 0 Å². The van der Waals surface area contributed by atoms with E-state index in [4.69, 9.17) is 4.52 Å². The number of rotatable bonds is 6. The van der Waals surface area contributed by atoms with Crippen LogP contribution in [0.3, 0.4) is 0 Å². The topological polar surface area (TPSA) is 59.2 Å². The van der Waals surface area contributed by atoms with Crippen molar-refractivity contribution in [2.24, 2.45) is 0 Å². The first-order valence-electron chi connectivity index (χ1n) is 8.28. The van der Waals surface area contributed by atoms with E-state index in [0.717, 1.165) is 18.7 Å². The number of carbonyl (C=O) groups is 1. The van der Waals surface area contributed by atoms with Gasteiger partial charge in [-0.05, 0) is 18.4 Å². The molecule has 1 aromatic heterocycles. The molecule has 5 heteroatoms. The highest BCUT2D eigenvalue weighted by Crippen LogP contribution is 2.27. The lowest BCUT2D eigenvalue weighted by Crippen LogP contribution is -2.48. The van der Waals surface area contributed by atoms with Crippen LogP contribution < -0.4 is 0 Å². The molecular weight excluding hydrogens is 290 g/mol. The average molecular weight is 313 g/mol. The van der Waals surface area contributed by atoms with E-state index in [-0.39, 0.29) is 17.7 Å². The van der Waals surface area contributed by atoms with Crippen LogP contribution in [0.4, 0.5) is 0 Å². The fourth-order valence-electron chi connectivity index (χ4n) is 2.73. The summed E-state index contributed by atoms with van der Waals surface area (Å²) in [4.78, 5) is 18.5. The van der Waals surface area contributed by atoms with Gasteiger partial charge in [0.1, 0.15) is 0 Å². The van der Waals surface area contributed by atoms with Gasteiger partial charge in [0.15, 0.2) is 5.82 Å². The molecule has 0 aliphatic carbocycles. The summed E-state index contributed by atoms with van der Waals surface area (Å²) in [5, 5.41) is 3.98. The molecule has 1 aliphatic heterocycles. The van der Waals surface area contributed by atoms with Gasteiger partial charge < -0.3 is 9.42 Å². The number of hydrogen-bond donors (Lipinski definition) is 0. The van der Waals surface area contributed by atoms with E-state index in [1.54, 1.807) is 0 Å². The Balaban J connectivity index is 1.41. The molecule has 0 radical (unpaired) electrons. The number of benzene rings is 1. The fourth-order valence-corrected chi connectivity index (χ4v) is 2.73. The fraction of sp³-hybridized carbons (Fsp3) is 0.500. The Labute approximate surface area is 136 Å². The van der Waals surface area contributed by atoms with Crippen molar-refractivity contribution in [3.05, 3.63) is 47.6 Å². The summed E-state index contributed by atoms with van der Waals surface area (Å²) in [7, 11) is 0. The number of amides is 1. The van der Waals surface area contributed by atoms with Crippen LogP contribution in [0.2, 0.25) is 0 Å². The normalized spacial score (nSPS) is 15.0. The van der Waals surface area contributed by atoms with Crippen molar-refractivity contribution in [1.82, 2.24) is 15.0 Å². The number of nitrogens with zero attached hydrogens (tertiary/aromatic N) is 3. The minimum Gasteiger partial charge on any atom is -0.341 e. The maximum atomic E-state index is 12.2. The molecule has 0 unspecified atom stereocenters. The summed E-state index contributed by atoms with van der Waals surface area (Å²) < 4.78 is 5.30. The van der Waals surface area contributed by atoms with Crippen LogP contribution >= 0.6 is 0 Å². The quantitative estimate of drug-likeness (QED) is 0.822. The van der Waals surface area contributed by atoms with E-state index in [1.807, 2.05) is 36.9 Å². The first-order valence-corrected chi connectivity index (χ1v) is 8.28. The van der Waals surface area contributed by atoms with Crippen LogP contribution in [0.1, 0.15) is 55.8 Å². The lowest BCUT2D eigenvalue weighted by atomic mass is 9.99. The molecule has 2 aromatic rings. The molecule has 0 bridgehead atoms. The summed E-state index contributed by atoms with van der Waals surface area (Å²) in [6, 6.07) is 10.3. The number of aromatic nitrogens is 2. The zero-order valence-electron chi connectivity index (χ0n) is 13.7.